The van der Waals surface area contributed by atoms with Crippen LogP contribution in [0.25, 0.3) is 0 Å². The monoisotopic (exact) mass is 290 g/mol. The van der Waals surface area contributed by atoms with Gasteiger partial charge in [-0.15, -0.1) is 10.2 Å². The van der Waals surface area contributed by atoms with Gasteiger partial charge in [-0.2, -0.15) is 0 Å². The van der Waals surface area contributed by atoms with Gasteiger partial charge in [-0.25, -0.2) is 4.99 Å². The quantitative estimate of drug-likeness (QED) is 0.613. The van der Waals surface area contributed by atoms with Crippen molar-refractivity contribution in [3.8, 4) is 0 Å². The van der Waals surface area contributed by atoms with Crippen LogP contribution in [0.2, 0.25) is 0 Å². The van der Waals surface area contributed by atoms with Gasteiger partial charge in [-0.1, -0.05) is 0 Å². The third kappa shape index (κ3) is 4.34. The van der Waals surface area contributed by atoms with Crippen molar-refractivity contribution in [3.05, 3.63) is 35.8 Å². The normalized spacial score (nSPS) is 11.7. The minimum absolute atomic E-state index is 0.493. The molecule has 0 saturated carbocycles. The molecule has 0 amide bonds. The molecule has 0 aliphatic carbocycles. The third-order valence-corrected chi connectivity index (χ3v) is 3.15. The van der Waals surface area contributed by atoms with Crippen LogP contribution in [-0.2, 0) is 20.0 Å². The van der Waals surface area contributed by atoms with Crippen molar-refractivity contribution >= 4 is 5.96 Å². The first-order valence-electron chi connectivity index (χ1n) is 7.10. The van der Waals surface area contributed by atoms with Crippen LogP contribution in [0.3, 0.4) is 0 Å². The number of aryl methyl sites for hydroxylation is 1. The lowest BCUT2D eigenvalue weighted by atomic mass is 10.3. The highest BCUT2D eigenvalue weighted by atomic mass is 16.3. The van der Waals surface area contributed by atoms with E-state index in [-0.39, 0.29) is 0 Å². The van der Waals surface area contributed by atoms with Crippen LogP contribution in [0.1, 0.15) is 24.3 Å². The van der Waals surface area contributed by atoms with E-state index in [2.05, 4.69) is 25.8 Å². The molecule has 0 aliphatic heterocycles. The molecule has 7 heteroatoms. The summed E-state index contributed by atoms with van der Waals surface area (Å²) in [5.41, 5.74) is 0. The Kier molecular flexibility index (Phi) is 5.36. The van der Waals surface area contributed by atoms with Crippen LogP contribution in [0.4, 0.5) is 0 Å². The lowest BCUT2D eigenvalue weighted by Crippen LogP contribution is -2.38. The summed E-state index contributed by atoms with van der Waals surface area (Å²) in [6.45, 7) is 6.03. The molecule has 0 bridgehead atoms. The molecule has 21 heavy (non-hydrogen) atoms. The van der Waals surface area contributed by atoms with E-state index in [1.807, 2.05) is 37.6 Å². The molecule has 0 aliphatic rings. The van der Waals surface area contributed by atoms with E-state index in [1.165, 1.54) is 0 Å². The van der Waals surface area contributed by atoms with Crippen molar-refractivity contribution in [2.45, 2.75) is 26.8 Å². The lowest BCUT2D eigenvalue weighted by molar-refractivity contribution is 0.507. The fourth-order valence-corrected chi connectivity index (χ4v) is 1.84. The largest absolute Gasteiger partial charge is 0.469 e. The maximum absolute atomic E-state index is 5.30. The molecular weight excluding hydrogens is 268 g/mol. The number of rotatable bonds is 6. The highest BCUT2D eigenvalue weighted by Crippen LogP contribution is 2.00. The van der Waals surface area contributed by atoms with Gasteiger partial charge in [0.15, 0.2) is 11.8 Å². The number of nitrogens with one attached hydrogen (secondary N) is 2. The SMILES string of the molecule is CCNC(=NCc1nnc(C)n1C)NCCc1ccco1. The first-order valence-corrected chi connectivity index (χ1v) is 7.10. The maximum atomic E-state index is 5.30. The molecule has 2 heterocycles. The lowest BCUT2D eigenvalue weighted by Gasteiger charge is -2.10. The average molecular weight is 290 g/mol. The molecule has 0 radical (unpaired) electrons. The van der Waals surface area contributed by atoms with Gasteiger partial charge in [0.1, 0.15) is 18.1 Å². The molecule has 114 valence electrons. The van der Waals surface area contributed by atoms with Gasteiger partial charge < -0.3 is 19.6 Å². The Labute approximate surface area is 124 Å². The van der Waals surface area contributed by atoms with Crippen LogP contribution < -0.4 is 10.6 Å². The molecule has 2 rings (SSSR count). The van der Waals surface area contributed by atoms with Gasteiger partial charge >= 0.3 is 0 Å². The number of hydrogen-bond donors (Lipinski definition) is 2. The smallest absolute Gasteiger partial charge is 0.191 e. The van der Waals surface area contributed by atoms with Crippen molar-refractivity contribution < 1.29 is 4.42 Å². The van der Waals surface area contributed by atoms with E-state index in [9.17, 15) is 0 Å². The van der Waals surface area contributed by atoms with Gasteiger partial charge in [0, 0.05) is 26.6 Å². The molecule has 2 aromatic heterocycles. The van der Waals surface area contributed by atoms with E-state index in [1.54, 1.807) is 6.26 Å². The molecule has 0 spiro atoms. The highest BCUT2D eigenvalue weighted by molar-refractivity contribution is 5.79. The van der Waals surface area contributed by atoms with Crippen LogP contribution in [0.5, 0.6) is 0 Å². The second kappa shape index (κ2) is 7.47. The highest BCUT2D eigenvalue weighted by Gasteiger charge is 2.05. The van der Waals surface area contributed by atoms with Crippen molar-refractivity contribution in [1.82, 2.24) is 25.4 Å². The molecule has 0 fully saturated rings. The predicted molar refractivity (Wildman–Crippen MR) is 81.0 cm³/mol. The zero-order valence-corrected chi connectivity index (χ0v) is 12.8. The van der Waals surface area contributed by atoms with Gasteiger partial charge in [0.05, 0.1) is 6.26 Å². The summed E-state index contributed by atoms with van der Waals surface area (Å²) in [7, 11) is 1.94. The fraction of sp³-hybridized carbons (Fsp3) is 0.500. The second-order valence-electron chi connectivity index (χ2n) is 4.67. The van der Waals surface area contributed by atoms with E-state index in [4.69, 9.17) is 4.42 Å². The fourth-order valence-electron chi connectivity index (χ4n) is 1.84. The summed E-state index contributed by atoms with van der Waals surface area (Å²) in [6, 6.07) is 3.86. The van der Waals surface area contributed by atoms with E-state index in [0.717, 1.165) is 42.9 Å². The molecule has 0 saturated heterocycles. The molecule has 0 unspecified atom stereocenters. The van der Waals surface area contributed by atoms with Gasteiger partial charge in [0.25, 0.3) is 0 Å². The Bertz CT molecular complexity index is 572. The predicted octanol–water partition coefficient (Wildman–Crippen LogP) is 1.01. The first kappa shape index (κ1) is 15.1. The molecular formula is C14H22N6O. The first-order chi connectivity index (χ1) is 10.2. The Morgan fingerprint density at radius 1 is 1.38 bits per heavy atom. The molecule has 0 atom stereocenters. The number of aliphatic imine (C=N–C) groups is 1. The molecule has 2 N–H and O–H groups in total. The second-order valence-corrected chi connectivity index (χ2v) is 4.67. The number of furan rings is 1. The van der Waals surface area contributed by atoms with Crippen molar-refractivity contribution in [2.75, 3.05) is 13.1 Å². The summed E-state index contributed by atoms with van der Waals surface area (Å²) in [5, 5.41) is 14.6. The minimum atomic E-state index is 0.493. The van der Waals surface area contributed by atoms with Crippen LogP contribution in [0, 0.1) is 6.92 Å². The molecule has 0 aromatic carbocycles. The van der Waals surface area contributed by atoms with Crippen LogP contribution in [-0.4, -0.2) is 33.8 Å². The standard InChI is InChI=1S/C14H22N6O/c1-4-15-14(16-8-7-12-6-5-9-21-12)17-10-13-19-18-11(2)20(13)3/h5-6,9H,4,7-8,10H2,1-3H3,(H2,15,16,17). The molecule has 2 aromatic rings. The number of nitrogens with zero attached hydrogens (tertiary/aromatic N) is 4. The maximum Gasteiger partial charge on any atom is 0.191 e. The summed E-state index contributed by atoms with van der Waals surface area (Å²) >= 11 is 0. The Balaban J connectivity index is 1.88. The van der Waals surface area contributed by atoms with Gasteiger partial charge in [-0.05, 0) is 26.0 Å². The van der Waals surface area contributed by atoms with Crippen LogP contribution >= 0.6 is 0 Å². The zero-order valence-electron chi connectivity index (χ0n) is 12.8. The van der Waals surface area contributed by atoms with Gasteiger partial charge in [0.2, 0.25) is 0 Å². The molecule has 7 nitrogen and oxygen atoms in total. The van der Waals surface area contributed by atoms with E-state index >= 15 is 0 Å². The number of aromatic nitrogens is 3. The minimum Gasteiger partial charge on any atom is -0.469 e. The third-order valence-electron chi connectivity index (χ3n) is 3.15. The summed E-state index contributed by atoms with van der Waals surface area (Å²) in [6.07, 6.45) is 2.51. The van der Waals surface area contributed by atoms with E-state index < -0.39 is 0 Å². The van der Waals surface area contributed by atoms with Crippen molar-refractivity contribution in [3.63, 3.8) is 0 Å². The Morgan fingerprint density at radius 3 is 2.86 bits per heavy atom. The zero-order chi connectivity index (χ0) is 15.1. The topological polar surface area (TPSA) is 80.3 Å². The number of hydrogen-bond acceptors (Lipinski definition) is 4. The van der Waals surface area contributed by atoms with Crippen LogP contribution in [0.15, 0.2) is 27.8 Å². The van der Waals surface area contributed by atoms with E-state index in [0.29, 0.717) is 6.54 Å². The van der Waals surface area contributed by atoms with Crippen molar-refractivity contribution in [1.29, 1.82) is 0 Å². The Hall–Kier alpha value is -2.31. The summed E-state index contributed by atoms with van der Waals surface area (Å²) in [5.74, 6) is 3.46. The summed E-state index contributed by atoms with van der Waals surface area (Å²) in [4.78, 5) is 4.52. The summed E-state index contributed by atoms with van der Waals surface area (Å²) < 4.78 is 7.24. The Morgan fingerprint density at radius 2 is 2.24 bits per heavy atom. The average Bonchev–Trinajstić information content (AvgIpc) is 3.09. The number of guanidine groups is 1. The van der Waals surface area contributed by atoms with Crippen molar-refractivity contribution in [2.24, 2.45) is 12.0 Å². The van der Waals surface area contributed by atoms with Gasteiger partial charge in [-0.3, -0.25) is 0 Å².